The first-order chi connectivity index (χ1) is 9.80. The third-order valence-electron chi connectivity index (χ3n) is 3.87. The van der Waals surface area contributed by atoms with E-state index in [9.17, 15) is 27.4 Å². The minimum absolute atomic E-state index is 0. The van der Waals surface area contributed by atoms with Crippen LogP contribution < -0.4 is 34.9 Å². The molecule has 0 radical (unpaired) electrons. The molecule has 0 spiro atoms. The van der Waals surface area contributed by atoms with Crippen LogP contribution in [-0.2, 0) is 19.9 Å². The first-order valence-corrected chi connectivity index (χ1v) is 8.68. The smallest absolute Gasteiger partial charge is 0.731 e. The second-order valence-electron chi connectivity index (χ2n) is 5.04. The van der Waals surface area contributed by atoms with Gasteiger partial charge in [0.05, 0.1) is 6.04 Å². The topological polar surface area (TPSA) is 127 Å². The van der Waals surface area contributed by atoms with Crippen molar-refractivity contribution in [2.75, 3.05) is 12.3 Å². The van der Waals surface area contributed by atoms with Crippen molar-refractivity contribution < 1.29 is 56.9 Å². The predicted octanol–water partition coefficient (Wildman–Crippen LogP) is -4.52. The quantitative estimate of drug-likeness (QED) is 0.300. The fraction of sp³-hybridized carbons (Fsp3) is 0.700. The van der Waals surface area contributed by atoms with Crippen LogP contribution in [0.2, 0.25) is 0 Å². The Balaban J connectivity index is 0.00000176. The molecular weight excluding hydrogens is 345 g/mol. The summed E-state index contributed by atoms with van der Waals surface area (Å²) in [6.07, 6.45) is 0.769. The molecule has 1 N–H and O–H groups in total. The van der Waals surface area contributed by atoms with E-state index in [1.54, 1.807) is 0 Å². The van der Waals surface area contributed by atoms with Crippen LogP contribution >= 0.6 is 11.8 Å². The normalized spacial score (nSPS) is 30.7. The monoisotopic (exact) mass is 357 g/mol. The Bertz CT molecular complexity index is 626. The number of carbonyl (C=O) groups is 3. The molecule has 0 aromatic carbocycles. The number of hydrogen-bond acceptors (Lipinski definition) is 7. The fourth-order valence-electron chi connectivity index (χ4n) is 2.89. The molecule has 12 heteroatoms. The summed E-state index contributed by atoms with van der Waals surface area (Å²) in [6, 6.07) is -2.84. The van der Waals surface area contributed by atoms with Gasteiger partial charge in [-0.15, -0.1) is 0 Å². The van der Waals surface area contributed by atoms with Gasteiger partial charge in [0.15, 0.2) is 10.3 Å². The molecule has 0 aliphatic carbocycles. The van der Waals surface area contributed by atoms with Crippen LogP contribution in [0.25, 0.3) is 0 Å². The summed E-state index contributed by atoms with van der Waals surface area (Å²) in [5, 5.41) is 2.43. The number of fused-ring (bicyclic) bond motifs is 1. The van der Waals surface area contributed by atoms with E-state index >= 15 is 0 Å². The van der Waals surface area contributed by atoms with E-state index in [-0.39, 0.29) is 47.6 Å². The molecular formula is C10H12N3NaO6S2. The molecule has 3 saturated heterocycles. The van der Waals surface area contributed by atoms with Crippen LogP contribution in [0.3, 0.4) is 0 Å². The molecule has 22 heavy (non-hydrogen) atoms. The Kier molecular flexibility index (Phi) is 5.15. The van der Waals surface area contributed by atoms with Crippen LogP contribution in [0.5, 0.6) is 0 Å². The first-order valence-electron chi connectivity index (χ1n) is 6.33. The van der Waals surface area contributed by atoms with Crippen molar-refractivity contribution in [3.63, 3.8) is 0 Å². The van der Waals surface area contributed by atoms with Crippen LogP contribution in [0.1, 0.15) is 12.8 Å². The van der Waals surface area contributed by atoms with E-state index in [1.165, 1.54) is 4.90 Å². The second-order valence-corrected chi connectivity index (χ2v) is 7.39. The maximum Gasteiger partial charge on any atom is 1.00 e. The summed E-state index contributed by atoms with van der Waals surface area (Å²) in [5.74, 6) is -0.244. The van der Waals surface area contributed by atoms with Crippen molar-refractivity contribution in [3.8, 4) is 0 Å². The molecule has 3 aliphatic heterocycles. The Labute approximate surface area is 153 Å². The number of urea groups is 1. The summed E-state index contributed by atoms with van der Waals surface area (Å²) in [7, 11) is -4.83. The minimum atomic E-state index is -4.83. The van der Waals surface area contributed by atoms with Crippen molar-refractivity contribution >= 4 is 39.1 Å². The molecule has 116 valence electrons. The number of nitrogens with one attached hydrogen (secondary N) is 1. The summed E-state index contributed by atoms with van der Waals surface area (Å²) in [6.45, 7) is 0.174. The Hall–Kier alpha value is -0.330. The van der Waals surface area contributed by atoms with Crippen LogP contribution in [0.15, 0.2) is 0 Å². The summed E-state index contributed by atoms with van der Waals surface area (Å²) >= 11 is 1.14. The molecule has 3 amide bonds. The zero-order chi connectivity index (χ0) is 15.4. The van der Waals surface area contributed by atoms with Gasteiger partial charge in [-0.25, -0.2) is 17.5 Å². The molecule has 0 saturated carbocycles. The summed E-state index contributed by atoms with van der Waals surface area (Å²) in [5.41, 5.74) is 0. The number of amides is 3. The van der Waals surface area contributed by atoms with E-state index in [2.05, 4.69) is 5.32 Å². The van der Waals surface area contributed by atoms with Gasteiger partial charge in [-0.05, 0) is 12.8 Å². The number of likely N-dealkylation sites (tertiary alicyclic amines) is 1. The third kappa shape index (κ3) is 2.89. The Morgan fingerprint density at radius 2 is 2.00 bits per heavy atom. The van der Waals surface area contributed by atoms with Gasteiger partial charge in [-0.3, -0.25) is 9.59 Å². The van der Waals surface area contributed by atoms with Crippen LogP contribution in [-0.4, -0.2) is 69.7 Å². The molecule has 1 unspecified atom stereocenters. The van der Waals surface area contributed by atoms with E-state index in [0.717, 1.165) is 11.8 Å². The molecule has 3 fully saturated rings. The van der Waals surface area contributed by atoms with E-state index < -0.39 is 40.4 Å². The first kappa shape index (κ1) is 18.0. The van der Waals surface area contributed by atoms with Crippen molar-refractivity contribution in [2.24, 2.45) is 0 Å². The Morgan fingerprint density at radius 3 is 2.55 bits per heavy atom. The second kappa shape index (κ2) is 6.29. The number of thioether (sulfide) groups is 1. The van der Waals surface area contributed by atoms with Crippen molar-refractivity contribution in [3.05, 3.63) is 0 Å². The summed E-state index contributed by atoms with van der Waals surface area (Å²) in [4.78, 5) is 36.5. The average Bonchev–Trinajstić information content (AvgIpc) is 2.92. The molecule has 0 aromatic heterocycles. The van der Waals surface area contributed by atoms with Gasteiger partial charge in [0.25, 0.3) is 5.91 Å². The van der Waals surface area contributed by atoms with Crippen molar-refractivity contribution in [1.82, 2.24) is 14.5 Å². The minimum Gasteiger partial charge on any atom is -0.731 e. The average molecular weight is 357 g/mol. The third-order valence-corrected chi connectivity index (χ3v) is 5.81. The van der Waals surface area contributed by atoms with Gasteiger partial charge in [0, 0.05) is 12.3 Å². The maximum atomic E-state index is 12.1. The SMILES string of the molecule is O=C1SCCC1NC(=O)N1CC[C@@H]2[C@H]1C(=O)N2S(=O)(=O)[O-].[Na+]. The van der Waals surface area contributed by atoms with E-state index in [1.807, 2.05) is 0 Å². The molecule has 3 heterocycles. The van der Waals surface area contributed by atoms with Gasteiger partial charge < -0.3 is 14.8 Å². The zero-order valence-electron chi connectivity index (χ0n) is 11.7. The largest absolute Gasteiger partial charge is 1.00 e. The standard InChI is InChI=1S/C10H13N3O6S2.Na/c14-8-7-6(13(8)21(17,18)19)1-3-12(7)10(16)11-5-2-4-20-9(5)15;/h5-7H,1-4H2,(H,11,16)(H,17,18,19);/q;+1/p-1/t5?,6-,7+;/m1./s1. The van der Waals surface area contributed by atoms with Crippen molar-refractivity contribution in [2.45, 2.75) is 31.0 Å². The van der Waals surface area contributed by atoms with Gasteiger partial charge in [-0.1, -0.05) is 11.8 Å². The zero-order valence-corrected chi connectivity index (χ0v) is 15.4. The molecule has 0 aromatic rings. The molecule has 3 rings (SSSR count). The van der Waals surface area contributed by atoms with E-state index in [0.29, 0.717) is 16.5 Å². The molecule has 0 bridgehead atoms. The fourth-order valence-corrected chi connectivity index (χ4v) is 4.71. The van der Waals surface area contributed by atoms with Crippen molar-refractivity contribution in [1.29, 1.82) is 0 Å². The number of carbonyl (C=O) groups excluding carboxylic acids is 3. The predicted molar refractivity (Wildman–Crippen MR) is 69.8 cm³/mol. The number of nitrogens with zero attached hydrogens (tertiary/aromatic N) is 2. The molecule has 3 aliphatic rings. The van der Waals surface area contributed by atoms with Crippen LogP contribution in [0, 0.1) is 0 Å². The molecule has 3 atom stereocenters. The maximum absolute atomic E-state index is 12.1. The van der Waals surface area contributed by atoms with E-state index in [4.69, 9.17) is 0 Å². The summed E-state index contributed by atoms with van der Waals surface area (Å²) < 4.78 is 33.1. The van der Waals surface area contributed by atoms with Gasteiger partial charge in [-0.2, -0.15) is 0 Å². The van der Waals surface area contributed by atoms with Gasteiger partial charge in [0.2, 0.25) is 5.12 Å². The Morgan fingerprint density at radius 1 is 1.32 bits per heavy atom. The van der Waals surface area contributed by atoms with Gasteiger partial charge in [0.1, 0.15) is 12.1 Å². The van der Waals surface area contributed by atoms with Gasteiger partial charge >= 0.3 is 35.6 Å². The molecule has 9 nitrogen and oxygen atoms in total. The number of hydrogen-bond donors (Lipinski definition) is 1. The number of rotatable bonds is 2. The van der Waals surface area contributed by atoms with Crippen LogP contribution in [0.4, 0.5) is 4.79 Å². The number of β-lactam (4-membered cyclic amide) rings is 1.